The van der Waals surface area contributed by atoms with E-state index in [0.717, 1.165) is 21.5 Å². The summed E-state index contributed by atoms with van der Waals surface area (Å²) in [5, 5.41) is 0. The summed E-state index contributed by atoms with van der Waals surface area (Å²) in [5.74, 6) is 0.307. The number of hydrogen-bond donors (Lipinski definition) is 0. The Labute approximate surface area is 141 Å². The van der Waals surface area contributed by atoms with E-state index in [1.54, 1.807) is 12.1 Å². The Morgan fingerprint density at radius 2 is 1.67 bits per heavy atom. The van der Waals surface area contributed by atoms with Gasteiger partial charge in [-0.1, -0.05) is 12.1 Å². The molecule has 130 valence electrons. The van der Waals surface area contributed by atoms with Gasteiger partial charge in [-0.25, -0.2) is 12.8 Å². The molecule has 0 radical (unpaired) electrons. The number of ether oxygens (including phenoxy) is 2. The van der Waals surface area contributed by atoms with Gasteiger partial charge in [-0.3, -0.25) is 0 Å². The van der Waals surface area contributed by atoms with Gasteiger partial charge in [-0.15, -0.1) is 0 Å². The highest BCUT2D eigenvalue weighted by molar-refractivity contribution is 7.89. The number of aryl methyl sites for hydroxylation is 1. The second kappa shape index (κ2) is 7.19. The van der Waals surface area contributed by atoms with Crippen LogP contribution >= 0.6 is 0 Å². The van der Waals surface area contributed by atoms with Gasteiger partial charge in [0, 0.05) is 13.6 Å². The minimum Gasteiger partial charge on any atom is -0.493 e. The van der Waals surface area contributed by atoms with Gasteiger partial charge in [-0.2, -0.15) is 4.31 Å². The lowest BCUT2D eigenvalue weighted by Gasteiger charge is -2.20. The van der Waals surface area contributed by atoms with Crippen LogP contribution in [0, 0.1) is 12.7 Å². The number of sulfonamides is 1. The topological polar surface area (TPSA) is 55.8 Å². The molecule has 0 amide bonds. The molecule has 2 aromatic carbocycles. The van der Waals surface area contributed by atoms with Crippen molar-refractivity contribution in [3.05, 3.63) is 53.3 Å². The average Bonchev–Trinajstić information content (AvgIpc) is 2.56. The van der Waals surface area contributed by atoms with Crippen LogP contribution in [0.1, 0.15) is 11.1 Å². The van der Waals surface area contributed by atoms with Crippen molar-refractivity contribution in [2.24, 2.45) is 0 Å². The molecule has 0 aliphatic carbocycles. The van der Waals surface area contributed by atoms with Gasteiger partial charge >= 0.3 is 0 Å². The summed E-state index contributed by atoms with van der Waals surface area (Å²) in [7, 11) is 0.525. The van der Waals surface area contributed by atoms with Crippen molar-refractivity contribution in [3.63, 3.8) is 0 Å². The maximum atomic E-state index is 13.8. The molecular weight excluding hydrogens is 333 g/mol. The lowest BCUT2D eigenvalue weighted by Crippen LogP contribution is -2.27. The molecule has 0 spiro atoms. The summed E-state index contributed by atoms with van der Waals surface area (Å²) in [6.45, 7) is 1.93. The first-order chi connectivity index (χ1) is 11.3. The summed E-state index contributed by atoms with van der Waals surface area (Å²) >= 11 is 0. The molecule has 0 N–H and O–H groups in total. The second-order valence-electron chi connectivity index (χ2n) is 5.33. The maximum absolute atomic E-state index is 13.8. The molecule has 24 heavy (non-hydrogen) atoms. The molecule has 7 heteroatoms. The molecule has 0 fully saturated rings. The predicted octanol–water partition coefficient (Wildman–Crippen LogP) is 2.97. The van der Waals surface area contributed by atoms with Gasteiger partial charge in [0.2, 0.25) is 10.0 Å². The summed E-state index contributed by atoms with van der Waals surface area (Å²) in [6, 6.07) is 8.82. The van der Waals surface area contributed by atoms with E-state index in [1.165, 1.54) is 39.5 Å². The molecule has 2 rings (SSSR count). The standard InChI is InChI=1S/C17H20FNO4S/c1-12-9-15(22-3)16(23-4)10-13(12)11-19(2)24(20,21)17-8-6-5-7-14(17)18/h5-10H,11H2,1-4H3. The fourth-order valence-electron chi connectivity index (χ4n) is 2.34. The van der Waals surface area contributed by atoms with Crippen LogP contribution in [0.4, 0.5) is 4.39 Å². The van der Waals surface area contributed by atoms with E-state index in [-0.39, 0.29) is 11.4 Å². The lowest BCUT2D eigenvalue weighted by molar-refractivity contribution is 0.353. The van der Waals surface area contributed by atoms with E-state index < -0.39 is 15.8 Å². The first-order valence-electron chi connectivity index (χ1n) is 7.23. The Balaban J connectivity index is 2.36. The van der Waals surface area contributed by atoms with E-state index in [0.29, 0.717) is 11.5 Å². The summed E-state index contributed by atoms with van der Waals surface area (Å²) < 4.78 is 50.6. The summed E-state index contributed by atoms with van der Waals surface area (Å²) in [6.07, 6.45) is 0. The molecule has 2 aromatic rings. The lowest BCUT2D eigenvalue weighted by atomic mass is 10.1. The van der Waals surface area contributed by atoms with E-state index in [9.17, 15) is 12.8 Å². The molecule has 0 aliphatic rings. The molecule has 0 bridgehead atoms. The smallest absolute Gasteiger partial charge is 0.246 e. The zero-order chi connectivity index (χ0) is 17.9. The number of rotatable bonds is 6. The van der Waals surface area contributed by atoms with Crippen LogP contribution in [0.25, 0.3) is 0 Å². The number of benzene rings is 2. The van der Waals surface area contributed by atoms with E-state index in [2.05, 4.69) is 0 Å². The minimum absolute atomic E-state index is 0.0862. The van der Waals surface area contributed by atoms with Crippen molar-refractivity contribution in [1.29, 1.82) is 0 Å². The van der Waals surface area contributed by atoms with Crippen molar-refractivity contribution in [1.82, 2.24) is 4.31 Å². The van der Waals surface area contributed by atoms with E-state index in [1.807, 2.05) is 6.92 Å². The van der Waals surface area contributed by atoms with Gasteiger partial charge in [0.25, 0.3) is 0 Å². The molecule has 0 unspecified atom stereocenters. The molecule has 5 nitrogen and oxygen atoms in total. The molecule has 0 atom stereocenters. The minimum atomic E-state index is -3.93. The van der Waals surface area contributed by atoms with Crippen molar-refractivity contribution < 1.29 is 22.3 Å². The number of hydrogen-bond acceptors (Lipinski definition) is 4. The molecule has 0 aliphatic heterocycles. The van der Waals surface area contributed by atoms with Crippen LogP contribution in [0.3, 0.4) is 0 Å². The normalized spacial score (nSPS) is 11.6. The largest absolute Gasteiger partial charge is 0.493 e. The fourth-order valence-corrected chi connectivity index (χ4v) is 3.55. The van der Waals surface area contributed by atoms with Gasteiger partial charge in [0.1, 0.15) is 10.7 Å². The van der Waals surface area contributed by atoms with Gasteiger partial charge in [0.15, 0.2) is 11.5 Å². The highest BCUT2D eigenvalue weighted by Gasteiger charge is 2.25. The Bertz CT molecular complexity index is 836. The highest BCUT2D eigenvalue weighted by atomic mass is 32.2. The molecule has 0 saturated heterocycles. The maximum Gasteiger partial charge on any atom is 0.246 e. The quantitative estimate of drug-likeness (QED) is 0.801. The molecule has 0 aromatic heterocycles. The molecule has 0 saturated carbocycles. The van der Waals surface area contributed by atoms with Gasteiger partial charge in [0.05, 0.1) is 14.2 Å². The van der Waals surface area contributed by atoms with Crippen LogP contribution < -0.4 is 9.47 Å². The van der Waals surface area contributed by atoms with Crippen molar-refractivity contribution in [2.45, 2.75) is 18.4 Å². The van der Waals surface area contributed by atoms with Crippen molar-refractivity contribution in [3.8, 4) is 11.5 Å². The van der Waals surface area contributed by atoms with Gasteiger partial charge in [-0.05, 0) is 42.3 Å². The first-order valence-corrected chi connectivity index (χ1v) is 8.67. The Morgan fingerprint density at radius 3 is 2.25 bits per heavy atom. The Hall–Kier alpha value is -2.12. The van der Waals surface area contributed by atoms with Crippen molar-refractivity contribution in [2.75, 3.05) is 21.3 Å². The summed E-state index contributed by atoms with van der Waals surface area (Å²) in [5.41, 5.74) is 1.60. The second-order valence-corrected chi connectivity index (χ2v) is 7.34. The third-order valence-corrected chi connectivity index (χ3v) is 5.60. The molecule has 0 heterocycles. The number of nitrogens with zero attached hydrogens (tertiary/aromatic N) is 1. The van der Waals surface area contributed by atoms with Crippen LogP contribution in [0.5, 0.6) is 11.5 Å². The van der Waals surface area contributed by atoms with Gasteiger partial charge < -0.3 is 9.47 Å². The molecular formula is C17H20FNO4S. The first kappa shape index (κ1) is 18.2. The Kier molecular flexibility index (Phi) is 5.46. The van der Waals surface area contributed by atoms with E-state index in [4.69, 9.17) is 9.47 Å². The fraction of sp³-hybridized carbons (Fsp3) is 0.294. The third kappa shape index (κ3) is 3.52. The van der Waals surface area contributed by atoms with Crippen LogP contribution in [-0.2, 0) is 16.6 Å². The van der Waals surface area contributed by atoms with Crippen LogP contribution in [0.15, 0.2) is 41.3 Å². The van der Waals surface area contributed by atoms with Crippen molar-refractivity contribution >= 4 is 10.0 Å². The Morgan fingerprint density at radius 1 is 1.08 bits per heavy atom. The summed E-state index contributed by atoms with van der Waals surface area (Å²) in [4.78, 5) is -0.342. The zero-order valence-electron chi connectivity index (χ0n) is 14.0. The van der Waals surface area contributed by atoms with E-state index >= 15 is 0 Å². The number of methoxy groups -OCH3 is 2. The SMILES string of the molecule is COc1cc(C)c(CN(C)S(=O)(=O)c2ccccc2F)cc1OC. The monoisotopic (exact) mass is 353 g/mol. The third-order valence-electron chi connectivity index (χ3n) is 3.76. The van der Waals surface area contributed by atoms with Crippen LogP contribution in [-0.4, -0.2) is 34.0 Å². The van der Waals surface area contributed by atoms with Crippen LogP contribution in [0.2, 0.25) is 0 Å². The predicted molar refractivity (Wildman–Crippen MR) is 89.3 cm³/mol. The average molecular weight is 353 g/mol. The zero-order valence-corrected chi connectivity index (χ0v) is 14.9. The number of halogens is 1. The highest BCUT2D eigenvalue weighted by Crippen LogP contribution is 2.31.